The van der Waals surface area contributed by atoms with Crippen molar-refractivity contribution >= 4 is 17.2 Å². The number of hydrogen-bond donors (Lipinski definition) is 2. The molecule has 6 aromatic carbocycles. The fourth-order valence-electron chi connectivity index (χ4n) is 5.42. The van der Waals surface area contributed by atoms with Gasteiger partial charge in [0.25, 0.3) is 0 Å². The van der Waals surface area contributed by atoms with Crippen molar-refractivity contribution in [3.8, 4) is 0 Å². The lowest BCUT2D eigenvalue weighted by molar-refractivity contribution is -0.115. The van der Waals surface area contributed by atoms with E-state index in [1.807, 2.05) is 170 Å². The number of benzene rings is 6. The maximum atomic E-state index is 12.2. The van der Waals surface area contributed by atoms with Crippen molar-refractivity contribution in [2.75, 3.05) is 0 Å². The van der Waals surface area contributed by atoms with Crippen molar-refractivity contribution in [2.45, 2.75) is 25.0 Å². The molecule has 5 nitrogen and oxygen atoms in total. The molecule has 6 rings (SSSR count). The molecule has 0 aliphatic heterocycles. The largest absolute Gasteiger partial charge is 0.376 e. The summed E-state index contributed by atoms with van der Waals surface area (Å²) in [5.41, 5.74) is 2.90. The van der Waals surface area contributed by atoms with Crippen molar-refractivity contribution < 1.29 is 15.0 Å². The quantitative estimate of drug-likeness (QED) is 0.134. The number of Topliss-reactive ketones (excluding diaryl/α,β-unsaturated/α-hetero) is 1. The summed E-state index contributed by atoms with van der Waals surface area (Å²) < 4.78 is 0. The van der Waals surface area contributed by atoms with Gasteiger partial charge in [-0.3, -0.25) is 0 Å². The van der Waals surface area contributed by atoms with E-state index in [1.54, 1.807) is 0 Å². The number of rotatable bonds is 8. The topological polar surface area (TPSA) is 82.2 Å². The minimum atomic E-state index is -1.37. The first kappa shape index (κ1) is 31.9. The van der Waals surface area contributed by atoms with Crippen LogP contribution in [-0.2, 0) is 16.0 Å². The van der Waals surface area contributed by atoms with Gasteiger partial charge in [0.05, 0.1) is 11.4 Å². The first-order valence-electron chi connectivity index (χ1n) is 15.1. The molecule has 0 radical (unpaired) electrons. The highest BCUT2D eigenvalue weighted by Crippen LogP contribution is 2.39. The Morgan fingerprint density at radius 2 is 0.652 bits per heavy atom. The summed E-state index contributed by atoms with van der Waals surface area (Å²) >= 11 is 0. The minimum Gasteiger partial charge on any atom is -0.376 e. The maximum Gasteiger partial charge on any atom is 0.140 e. The van der Waals surface area contributed by atoms with Gasteiger partial charge < -0.3 is 15.0 Å². The Kier molecular flexibility index (Phi) is 10.1. The monoisotopic (exact) mass is 604 g/mol. The number of nitrogens with zero attached hydrogens (tertiary/aromatic N) is 2. The molecule has 0 aliphatic rings. The van der Waals surface area contributed by atoms with Crippen molar-refractivity contribution in [1.29, 1.82) is 0 Å². The molecule has 0 saturated heterocycles. The molecule has 0 bridgehead atoms. The zero-order valence-electron chi connectivity index (χ0n) is 25.9. The number of aliphatic hydroxyl groups is 2. The van der Waals surface area contributed by atoms with Crippen LogP contribution in [0, 0.1) is 0 Å². The first-order chi connectivity index (χ1) is 22.3. The molecule has 0 heterocycles. The zero-order valence-corrected chi connectivity index (χ0v) is 25.9. The molecule has 0 aliphatic carbocycles. The number of azo groups is 1. The molecule has 5 heteroatoms. The lowest BCUT2D eigenvalue weighted by atomic mass is 9.80. The van der Waals surface area contributed by atoms with Gasteiger partial charge in [0.1, 0.15) is 17.0 Å². The van der Waals surface area contributed by atoms with E-state index in [0.29, 0.717) is 22.5 Å². The molecule has 0 spiro atoms. The van der Waals surface area contributed by atoms with E-state index in [9.17, 15) is 15.0 Å². The summed E-state index contributed by atoms with van der Waals surface area (Å²) in [6.07, 6.45) is 0. The highest BCUT2D eigenvalue weighted by Gasteiger charge is 2.35. The third-order valence-electron chi connectivity index (χ3n) is 7.58. The Balaban J connectivity index is 0.000000985. The fourth-order valence-corrected chi connectivity index (χ4v) is 5.42. The summed E-state index contributed by atoms with van der Waals surface area (Å²) in [5, 5.41) is 33.4. The van der Waals surface area contributed by atoms with Crippen LogP contribution in [0.5, 0.6) is 0 Å². The van der Waals surface area contributed by atoms with Crippen molar-refractivity contribution in [1.82, 2.24) is 0 Å². The second-order valence-corrected chi connectivity index (χ2v) is 11.1. The average Bonchev–Trinajstić information content (AvgIpc) is 3.11. The molecular formula is C41H36N2O3. The summed E-state index contributed by atoms with van der Waals surface area (Å²) in [6, 6.07) is 53.5. The van der Waals surface area contributed by atoms with Crippen LogP contribution in [0.4, 0.5) is 11.4 Å². The van der Waals surface area contributed by atoms with E-state index in [0.717, 1.165) is 22.3 Å². The summed E-state index contributed by atoms with van der Waals surface area (Å²) in [4.78, 5) is 9.44. The summed E-state index contributed by atoms with van der Waals surface area (Å²) in [6.45, 7) is 3.06. The molecule has 46 heavy (non-hydrogen) atoms. The van der Waals surface area contributed by atoms with E-state index in [1.165, 1.54) is 13.8 Å². The van der Waals surface area contributed by atoms with Crippen LogP contribution in [0.25, 0.3) is 0 Å². The van der Waals surface area contributed by atoms with Gasteiger partial charge in [-0.2, -0.15) is 10.2 Å². The van der Waals surface area contributed by atoms with Gasteiger partial charge in [0, 0.05) is 0 Å². The maximum absolute atomic E-state index is 12.2. The predicted molar refractivity (Wildman–Crippen MR) is 183 cm³/mol. The van der Waals surface area contributed by atoms with E-state index in [2.05, 4.69) is 10.2 Å². The Morgan fingerprint density at radius 1 is 0.413 bits per heavy atom. The van der Waals surface area contributed by atoms with Gasteiger partial charge in [-0.15, -0.1) is 0 Å². The van der Waals surface area contributed by atoms with Crippen LogP contribution >= 0.6 is 0 Å². The third kappa shape index (κ3) is 7.08. The van der Waals surface area contributed by atoms with E-state index < -0.39 is 11.2 Å². The molecule has 2 N–H and O–H groups in total. The molecule has 0 saturated carbocycles. The number of hydrogen-bond acceptors (Lipinski definition) is 5. The van der Waals surface area contributed by atoms with Gasteiger partial charge in [-0.1, -0.05) is 146 Å². The predicted octanol–water partition coefficient (Wildman–Crippen LogP) is 9.27. The van der Waals surface area contributed by atoms with Gasteiger partial charge in [0.2, 0.25) is 0 Å². The van der Waals surface area contributed by atoms with Gasteiger partial charge in [-0.25, -0.2) is 0 Å². The Bertz CT molecular complexity index is 1670. The molecule has 0 aromatic heterocycles. The third-order valence-corrected chi connectivity index (χ3v) is 7.58. The standard InChI is InChI=1S/C38H30N2O2.C3H6O/c41-37(29-15-5-1-6-16-29,30-17-7-2-8-18-30)33-23-13-25-35(27-33)39-40-36-26-14-24-34(28-36)38(42,31-19-9-3-10-20-31)32-21-11-4-12-22-32;1-3(2)4/h1-28,41-42H;1-2H3. The fraction of sp³-hybridized carbons (Fsp3) is 0.0976. The number of ketones is 1. The van der Waals surface area contributed by atoms with Gasteiger partial charge in [0.15, 0.2) is 0 Å². The van der Waals surface area contributed by atoms with Crippen molar-refractivity contribution in [3.63, 3.8) is 0 Å². The summed E-state index contributed by atoms with van der Waals surface area (Å²) in [7, 11) is 0. The second-order valence-electron chi connectivity index (χ2n) is 11.1. The highest BCUT2D eigenvalue weighted by atomic mass is 16.3. The van der Waals surface area contributed by atoms with Crippen LogP contribution in [0.1, 0.15) is 47.2 Å². The van der Waals surface area contributed by atoms with Crippen LogP contribution < -0.4 is 0 Å². The smallest absolute Gasteiger partial charge is 0.140 e. The van der Waals surface area contributed by atoms with Crippen molar-refractivity contribution in [3.05, 3.63) is 203 Å². The van der Waals surface area contributed by atoms with Crippen molar-refractivity contribution in [2.24, 2.45) is 10.2 Å². The first-order valence-corrected chi connectivity index (χ1v) is 15.1. The molecule has 6 aromatic rings. The van der Waals surface area contributed by atoms with Crippen LogP contribution in [0.2, 0.25) is 0 Å². The van der Waals surface area contributed by atoms with Crippen LogP contribution in [0.15, 0.2) is 180 Å². The zero-order chi connectivity index (χ0) is 32.4. The Labute approximate surface area is 270 Å². The van der Waals surface area contributed by atoms with Gasteiger partial charge in [-0.05, 0) is 71.5 Å². The van der Waals surface area contributed by atoms with Gasteiger partial charge >= 0.3 is 0 Å². The minimum absolute atomic E-state index is 0.167. The van der Waals surface area contributed by atoms with Crippen LogP contribution in [0.3, 0.4) is 0 Å². The second kappa shape index (κ2) is 14.5. The Morgan fingerprint density at radius 3 is 0.913 bits per heavy atom. The van der Waals surface area contributed by atoms with E-state index in [-0.39, 0.29) is 5.78 Å². The normalized spacial score (nSPS) is 11.5. The molecule has 0 atom stereocenters. The molecular weight excluding hydrogens is 568 g/mol. The average molecular weight is 605 g/mol. The molecule has 228 valence electrons. The molecule has 0 unspecified atom stereocenters. The molecule has 0 amide bonds. The Hall–Kier alpha value is -5.49. The van der Waals surface area contributed by atoms with E-state index in [4.69, 9.17) is 0 Å². The number of carbonyl (C=O) groups excluding carboxylic acids is 1. The lowest BCUT2D eigenvalue weighted by Gasteiger charge is -2.30. The highest BCUT2D eigenvalue weighted by molar-refractivity contribution is 5.72. The van der Waals surface area contributed by atoms with Crippen LogP contribution in [-0.4, -0.2) is 16.0 Å². The van der Waals surface area contributed by atoms with E-state index >= 15 is 0 Å². The number of carbonyl (C=O) groups is 1. The molecule has 0 fully saturated rings. The lowest BCUT2D eigenvalue weighted by Crippen LogP contribution is -2.28. The summed E-state index contributed by atoms with van der Waals surface area (Å²) in [5.74, 6) is 0.167. The SMILES string of the molecule is CC(C)=O.OC(c1ccccc1)(c1ccccc1)c1cccc(N=Nc2cccc(C(O)(c3ccccc3)c3ccccc3)c2)c1.